The minimum absolute atomic E-state index is 0.0363. The van der Waals surface area contributed by atoms with E-state index >= 15 is 0 Å². The molecule has 18 heavy (non-hydrogen) atoms. The van der Waals surface area contributed by atoms with Gasteiger partial charge in [-0.1, -0.05) is 0 Å². The Balaban J connectivity index is 2.35. The maximum absolute atomic E-state index is 12.7. The predicted octanol–water partition coefficient (Wildman–Crippen LogP) is 2.53. The highest BCUT2D eigenvalue weighted by Gasteiger charge is 2.34. The fourth-order valence-corrected chi connectivity index (χ4v) is 1.93. The molecule has 0 aromatic carbocycles. The maximum Gasteiger partial charge on any atom is 0.433 e. The van der Waals surface area contributed by atoms with Crippen molar-refractivity contribution in [3.8, 4) is 0 Å². The number of hydrogen-bond acceptors (Lipinski definition) is 4. The van der Waals surface area contributed by atoms with Crippen molar-refractivity contribution in [1.29, 1.82) is 0 Å². The van der Waals surface area contributed by atoms with Gasteiger partial charge in [-0.25, -0.2) is 4.98 Å². The van der Waals surface area contributed by atoms with Crippen LogP contribution in [0.3, 0.4) is 0 Å². The summed E-state index contributed by atoms with van der Waals surface area (Å²) >= 11 is 0. The van der Waals surface area contributed by atoms with Crippen molar-refractivity contribution in [1.82, 2.24) is 9.97 Å². The van der Waals surface area contributed by atoms with Gasteiger partial charge in [-0.05, 0) is 19.8 Å². The lowest BCUT2D eigenvalue weighted by molar-refractivity contribution is -0.141. The van der Waals surface area contributed by atoms with E-state index in [1.165, 1.54) is 0 Å². The van der Waals surface area contributed by atoms with Crippen LogP contribution >= 0.6 is 0 Å². The molecule has 1 N–H and O–H groups in total. The third-order valence-electron chi connectivity index (χ3n) is 2.77. The molecule has 0 spiro atoms. The Bertz CT molecular complexity index is 413. The molecule has 4 nitrogen and oxygen atoms in total. The number of aromatic nitrogens is 2. The summed E-state index contributed by atoms with van der Waals surface area (Å²) in [6.45, 7) is 3.78. The molecule has 0 bridgehead atoms. The lowest BCUT2D eigenvalue weighted by atomic mass is 10.3. The minimum Gasteiger partial charge on any atom is -0.356 e. The molecule has 0 radical (unpaired) electrons. The summed E-state index contributed by atoms with van der Waals surface area (Å²) in [6.07, 6.45) is -2.47. The number of alkyl halides is 3. The lowest BCUT2D eigenvalue weighted by Gasteiger charge is -2.18. The standard InChI is InChI=1S/C11H15F3N4/c1-2-15-10-16-8(11(12,13)14)7-9(17-10)18-5-3-4-6-18/h7H,2-6H2,1H3,(H,15,16,17). The van der Waals surface area contributed by atoms with Crippen molar-refractivity contribution in [3.05, 3.63) is 11.8 Å². The van der Waals surface area contributed by atoms with Gasteiger partial charge in [0.25, 0.3) is 0 Å². The van der Waals surface area contributed by atoms with Crippen LogP contribution < -0.4 is 10.2 Å². The molecule has 1 aromatic heterocycles. The molecule has 7 heteroatoms. The first-order valence-electron chi connectivity index (χ1n) is 5.96. The summed E-state index contributed by atoms with van der Waals surface area (Å²) in [5, 5.41) is 2.73. The van der Waals surface area contributed by atoms with Crippen LogP contribution in [-0.2, 0) is 6.18 Å². The zero-order valence-electron chi connectivity index (χ0n) is 10.1. The summed E-state index contributed by atoms with van der Waals surface area (Å²) in [5.41, 5.74) is -0.893. The van der Waals surface area contributed by atoms with Crippen LogP contribution in [0, 0.1) is 0 Å². The molecule has 1 fully saturated rings. The quantitative estimate of drug-likeness (QED) is 0.906. The van der Waals surface area contributed by atoms with Crippen molar-refractivity contribution in [2.45, 2.75) is 25.9 Å². The van der Waals surface area contributed by atoms with Crippen molar-refractivity contribution in [2.24, 2.45) is 0 Å². The average molecular weight is 260 g/mol. The summed E-state index contributed by atoms with van der Waals surface area (Å²) in [6, 6.07) is 1.02. The van der Waals surface area contributed by atoms with E-state index < -0.39 is 11.9 Å². The fourth-order valence-electron chi connectivity index (χ4n) is 1.93. The van der Waals surface area contributed by atoms with Crippen molar-refractivity contribution >= 4 is 11.8 Å². The van der Waals surface area contributed by atoms with E-state index in [0.29, 0.717) is 12.4 Å². The third kappa shape index (κ3) is 2.83. The molecule has 1 saturated heterocycles. The second-order valence-corrected chi connectivity index (χ2v) is 4.16. The molecule has 1 aromatic rings. The first-order chi connectivity index (χ1) is 8.50. The highest BCUT2D eigenvalue weighted by molar-refractivity contribution is 5.46. The average Bonchev–Trinajstić information content (AvgIpc) is 2.81. The second-order valence-electron chi connectivity index (χ2n) is 4.16. The largest absolute Gasteiger partial charge is 0.433 e. The van der Waals surface area contributed by atoms with E-state index in [1.807, 2.05) is 4.90 Å². The highest BCUT2D eigenvalue weighted by Crippen LogP contribution is 2.31. The number of anilines is 2. The molecular formula is C11H15F3N4. The smallest absolute Gasteiger partial charge is 0.356 e. The normalized spacial score (nSPS) is 16.1. The van der Waals surface area contributed by atoms with Gasteiger partial charge >= 0.3 is 6.18 Å². The first kappa shape index (κ1) is 12.9. The molecule has 2 heterocycles. The molecule has 0 unspecified atom stereocenters. The van der Waals surface area contributed by atoms with E-state index in [4.69, 9.17) is 0 Å². The molecule has 0 aliphatic carbocycles. The Hall–Kier alpha value is -1.53. The third-order valence-corrected chi connectivity index (χ3v) is 2.77. The van der Waals surface area contributed by atoms with E-state index in [9.17, 15) is 13.2 Å². The topological polar surface area (TPSA) is 41.1 Å². The van der Waals surface area contributed by atoms with Gasteiger partial charge in [-0.2, -0.15) is 18.2 Å². The van der Waals surface area contributed by atoms with Crippen molar-refractivity contribution in [3.63, 3.8) is 0 Å². The highest BCUT2D eigenvalue weighted by atomic mass is 19.4. The van der Waals surface area contributed by atoms with Crippen LogP contribution in [0.4, 0.5) is 24.9 Å². The van der Waals surface area contributed by atoms with Gasteiger partial charge in [-0.3, -0.25) is 0 Å². The van der Waals surface area contributed by atoms with Crippen LogP contribution in [0.15, 0.2) is 6.07 Å². The first-order valence-corrected chi connectivity index (χ1v) is 5.96. The molecule has 1 aliphatic rings. The van der Waals surface area contributed by atoms with Crippen LogP contribution in [0.5, 0.6) is 0 Å². The molecule has 100 valence electrons. The van der Waals surface area contributed by atoms with Crippen molar-refractivity contribution < 1.29 is 13.2 Å². The van der Waals surface area contributed by atoms with Gasteiger partial charge in [0.15, 0.2) is 5.69 Å². The van der Waals surface area contributed by atoms with Gasteiger partial charge in [0.2, 0.25) is 5.95 Å². The summed E-state index contributed by atoms with van der Waals surface area (Å²) < 4.78 is 38.2. The van der Waals surface area contributed by atoms with Gasteiger partial charge in [0, 0.05) is 25.7 Å². The fraction of sp³-hybridized carbons (Fsp3) is 0.636. The molecule has 0 amide bonds. The molecule has 0 atom stereocenters. The predicted molar refractivity (Wildman–Crippen MR) is 62.6 cm³/mol. The number of rotatable bonds is 3. The number of hydrogen-bond donors (Lipinski definition) is 1. The number of halogens is 3. The monoisotopic (exact) mass is 260 g/mol. The van der Waals surface area contributed by atoms with E-state index in [2.05, 4.69) is 15.3 Å². The lowest BCUT2D eigenvalue weighted by Crippen LogP contribution is -2.22. The van der Waals surface area contributed by atoms with Gasteiger partial charge in [0.1, 0.15) is 5.82 Å². The van der Waals surface area contributed by atoms with E-state index in [1.54, 1.807) is 6.92 Å². The van der Waals surface area contributed by atoms with Gasteiger partial charge in [0.05, 0.1) is 0 Å². The minimum atomic E-state index is -4.44. The molecule has 1 aliphatic heterocycles. The Labute approximate surface area is 103 Å². The van der Waals surface area contributed by atoms with Crippen LogP contribution in [0.2, 0.25) is 0 Å². The SMILES string of the molecule is CCNc1nc(N2CCCC2)cc(C(F)(F)F)n1. The number of nitrogens with one attached hydrogen (secondary N) is 1. The zero-order chi connectivity index (χ0) is 13.2. The van der Waals surface area contributed by atoms with Crippen LogP contribution in [0.25, 0.3) is 0 Å². The Morgan fingerprint density at radius 1 is 1.28 bits per heavy atom. The summed E-state index contributed by atoms with van der Waals surface area (Å²) in [5.74, 6) is 0.389. The Morgan fingerprint density at radius 2 is 1.94 bits per heavy atom. The molecular weight excluding hydrogens is 245 g/mol. The number of nitrogens with zero attached hydrogens (tertiary/aromatic N) is 3. The van der Waals surface area contributed by atoms with Crippen LogP contribution in [0.1, 0.15) is 25.5 Å². The van der Waals surface area contributed by atoms with E-state index in [0.717, 1.165) is 32.0 Å². The van der Waals surface area contributed by atoms with Crippen molar-refractivity contribution in [2.75, 3.05) is 29.9 Å². The second kappa shape index (κ2) is 4.99. The summed E-state index contributed by atoms with van der Waals surface area (Å²) in [4.78, 5) is 9.47. The Morgan fingerprint density at radius 3 is 2.50 bits per heavy atom. The van der Waals surface area contributed by atoms with Gasteiger partial charge < -0.3 is 10.2 Å². The summed E-state index contributed by atoms with van der Waals surface area (Å²) in [7, 11) is 0. The van der Waals surface area contributed by atoms with Gasteiger partial charge in [-0.15, -0.1) is 0 Å². The molecule has 0 saturated carbocycles. The zero-order valence-corrected chi connectivity index (χ0v) is 10.1. The maximum atomic E-state index is 12.7. The molecule has 2 rings (SSSR count). The Kier molecular flexibility index (Phi) is 3.58. The van der Waals surface area contributed by atoms with E-state index in [-0.39, 0.29) is 5.95 Å². The van der Waals surface area contributed by atoms with Crippen LogP contribution in [-0.4, -0.2) is 29.6 Å².